The molecule has 1 aliphatic rings. The lowest BCUT2D eigenvalue weighted by atomic mass is 9.91. The highest BCUT2D eigenvalue weighted by Gasteiger charge is 2.29. The monoisotopic (exact) mass is 433 g/mol. The normalized spacial score (nSPS) is 17.1. The summed E-state index contributed by atoms with van der Waals surface area (Å²) in [6.07, 6.45) is 1.54. The molecule has 1 aromatic heterocycles. The summed E-state index contributed by atoms with van der Waals surface area (Å²) in [4.78, 5) is 51.1. The van der Waals surface area contributed by atoms with Crippen LogP contribution in [0.1, 0.15) is 29.8 Å². The number of amides is 4. The number of methoxy groups -OCH3 is 1. The number of ether oxygens (including phenoxy) is 1. The van der Waals surface area contributed by atoms with Gasteiger partial charge in [-0.2, -0.15) is 0 Å². The molecule has 2 atom stereocenters. The number of hydrogen-bond donors (Lipinski definition) is 5. The van der Waals surface area contributed by atoms with Crippen LogP contribution in [0.4, 0.5) is 4.79 Å². The molecule has 0 bridgehead atoms. The average molecular weight is 433 g/mol. The molecule has 1 aromatic carbocycles. The van der Waals surface area contributed by atoms with E-state index in [1.54, 1.807) is 24.3 Å². The van der Waals surface area contributed by atoms with Crippen LogP contribution in [0.3, 0.4) is 0 Å². The molecule has 1 aliphatic heterocycles. The lowest BCUT2D eigenvalue weighted by Crippen LogP contribution is -2.47. The van der Waals surface area contributed by atoms with Gasteiger partial charge in [-0.15, -0.1) is 0 Å². The number of rotatable bonds is 6. The Morgan fingerprint density at radius 2 is 2.17 bits per heavy atom. The second-order valence-electron chi connectivity index (χ2n) is 6.89. The van der Waals surface area contributed by atoms with Gasteiger partial charge in [-0.3, -0.25) is 23.9 Å². The van der Waals surface area contributed by atoms with Crippen LogP contribution in [0.2, 0.25) is 0 Å². The molecule has 4 amide bonds. The second-order valence-corrected chi connectivity index (χ2v) is 7.67. The van der Waals surface area contributed by atoms with Crippen molar-refractivity contribution in [2.45, 2.75) is 25.3 Å². The number of fused-ring (bicyclic) bond motifs is 1. The summed E-state index contributed by atoms with van der Waals surface area (Å²) in [6.45, 7) is 0.602. The van der Waals surface area contributed by atoms with E-state index in [1.165, 1.54) is 7.11 Å². The predicted molar refractivity (Wildman–Crippen MR) is 112 cm³/mol. The van der Waals surface area contributed by atoms with Gasteiger partial charge < -0.3 is 26.1 Å². The SMILES string of the molecule is COc1cccc2[nH]c(C(=O)NSC(=O)N[C@@H](C[C@@H]3CCCNC3=O)C(N)=O)cc12. The standard InChI is InChI=1S/C19H23N5O5S/c1-29-15-6-2-5-12-11(15)9-14(22-12)18(27)24-30-19(28)23-13(16(20)25)8-10-4-3-7-21-17(10)26/h2,5-6,9-10,13,22H,3-4,7-8H2,1H3,(H2,20,25)(H,21,26)(H,23,28)(H,24,27)/t10-,13-/m0/s1. The molecule has 0 aliphatic carbocycles. The van der Waals surface area contributed by atoms with Crippen molar-refractivity contribution in [3.63, 3.8) is 0 Å². The largest absolute Gasteiger partial charge is 0.496 e. The third-order valence-corrected chi connectivity index (χ3v) is 5.47. The van der Waals surface area contributed by atoms with Crippen LogP contribution in [0, 0.1) is 5.92 Å². The van der Waals surface area contributed by atoms with E-state index in [4.69, 9.17) is 10.5 Å². The fourth-order valence-electron chi connectivity index (χ4n) is 3.34. The molecule has 0 saturated carbocycles. The van der Waals surface area contributed by atoms with Crippen molar-refractivity contribution in [2.24, 2.45) is 11.7 Å². The Labute approximate surface area is 176 Å². The van der Waals surface area contributed by atoms with Crippen molar-refractivity contribution in [2.75, 3.05) is 13.7 Å². The maximum Gasteiger partial charge on any atom is 0.300 e. The third-order valence-electron chi connectivity index (χ3n) is 4.88. The van der Waals surface area contributed by atoms with Crippen LogP contribution in [0.25, 0.3) is 10.9 Å². The zero-order chi connectivity index (χ0) is 21.7. The molecule has 3 rings (SSSR count). The summed E-state index contributed by atoms with van der Waals surface area (Å²) < 4.78 is 7.68. The Kier molecular flexibility index (Phi) is 6.83. The zero-order valence-corrected chi connectivity index (χ0v) is 17.1. The molecular formula is C19H23N5O5S. The molecular weight excluding hydrogens is 410 g/mol. The molecule has 0 unspecified atom stereocenters. The van der Waals surface area contributed by atoms with Crippen LogP contribution in [0.15, 0.2) is 24.3 Å². The van der Waals surface area contributed by atoms with Crippen LogP contribution < -0.4 is 25.8 Å². The summed E-state index contributed by atoms with van der Waals surface area (Å²) in [6, 6.07) is 5.98. The number of benzene rings is 1. The topological polar surface area (TPSA) is 155 Å². The van der Waals surface area contributed by atoms with Crippen LogP contribution in [-0.2, 0) is 9.59 Å². The number of aromatic amines is 1. The van der Waals surface area contributed by atoms with Gasteiger partial charge in [-0.05, 0) is 37.5 Å². The second kappa shape index (κ2) is 9.53. The zero-order valence-electron chi connectivity index (χ0n) is 16.3. The minimum Gasteiger partial charge on any atom is -0.496 e. The highest BCUT2D eigenvalue weighted by atomic mass is 32.2. The first-order chi connectivity index (χ1) is 14.4. The van der Waals surface area contributed by atoms with E-state index < -0.39 is 29.0 Å². The number of primary amides is 1. The van der Waals surface area contributed by atoms with Gasteiger partial charge in [0.05, 0.1) is 19.1 Å². The molecule has 0 spiro atoms. The van der Waals surface area contributed by atoms with Crippen molar-refractivity contribution >= 4 is 45.8 Å². The number of piperidine rings is 1. The Bertz CT molecular complexity index is 975. The van der Waals surface area contributed by atoms with E-state index in [0.29, 0.717) is 36.2 Å². The molecule has 10 nitrogen and oxygen atoms in total. The third kappa shape index (κ3) is 5.03. The Morgan fingerprint density at radius 3 is 2.87 bits per heavy atom. The van der Waals surface area contributed by atoms with Gasteiger partial charge in [0.25, 0.3) is 11.1 Å². The minimum absolute atomic E-state index is 0.114. The Balaban J connectivity index is 1.56. The van der Waals surface area contributed by atoms with E-state index in [0.717, 1.165) is 11.8 Å². The average Bonchev–Trinajstić information content (AvgIpc) is 3.17. The summed E-state index contributed by atoms with van der Waals surface area (Å²) in [7, 11) is 1.54. The summed E-state index contributed by atoms with van der Waals surface area (Å²) in [5.41, 5.74) is 6.33. The van der Waals surface area contributed by atoms with Gasteiger partial charge in [-0.25, -0.2) is 0 Å². The summed E-state index contributed by atoms with van der Waals surface area (Å²) in [5, 5.41) is 5.27. The van der Waals surface area contributed by atoms with E-state index in [-0.39, 0.29) is 18.0 Å². The van der Waals surface area contributed by atoms with Crippen molar-refractivity contribution < 1.29 is 23.9 Å². The first-order valence-electron chi connectivity index (χ1n) is 9.39. The highest BCUT2D eigenvalue weighted by molar-refractivity contribution is 8.12. The van der Waals surface area contributed by atoms with Crippen molar-refractivity contribution in [1.82, 2.24) is 20.3 Å². The van der Waals surface area contributed by atoms with Crippen LogP contribution >= 0.6 is 11.9 Å². The van der Waals surface area contributed by atoms with Crippen molar-refractivity contribution in [3.05, 3.63) is 30.0 Å². The van der Waals surface area contributed by atoms with Gasteiger partial charge in [0.1, 0.15) is 17.5 Å². The molecule has 11 heteroatoms. The Hall–Kier alpha value is -3.21. The number of H-pyrrole nitrogens is 1. The maximum absolute atomic E-state index is 12.4. The lowest BCUT2D eigenvalue weighted by molar-refractivity contribution is -0.127. The van der Waals surface area contributed by atoms with Gasteiger partial charge in [-0.1, -0.05) is 6.07 Å². The van der Waals surface area contributed by atoms with Gasteiger partial charge in [0.2, 0.25) is 11.8 Å². The molecule has 1 fully saturated rings. The predicted octanol–water partition coefficient (Wildman–Crippen LogP) is 1.03. The first kappa shape index (κ1) is 21.5. The molecule has 160 valence electrons. The Morgan fingerprint density at radius 1 is 1.37 bits per heavy atom. The van der Waals surface area contributed by atoms with Gasteiger partial charge >= 0.3 is 0 Å². The number of aromatic nitrogens is 1. The summed E-state index contributed by atoms with van der Waals surface area (Å²) >= 11 is 0.499. The van der Waals surface area contributed by atoms with Gasteiger partial charge in [0.15, 0.2) is 0 Å². The molecule has 30 heavy (non-hydrogen) atoms. The van der Waals surface area contributed by atoms with E-state index >= 15 is 0 Å². The maximum atomic E-state index is 12.4. The van der Waals surface area contributed by atoms with Crippen molar-refractivity contribution in [1.29, 1.82) is 0 Å². The lowest BCUT2D eigenvalue weighted by Gasteiger charge is -2.25. The van der Waals surface area contributed by atoms with Crippen LogP contribution in [-0.4, -0.2) is 47.6 Å². The summed E-state index contributed by atoms with van der Waals surface area (Å²) in [5.74, 6) is -1.19. The number of nitrogens with two attached hydrogens (primary N) is 1. The van der Waals surface area contributed by atoms with E-state index in [9.17, 15) is 19.2 Å². The molecule has 2 aromatic rings. The van der Waals surface area contributed by atoms with E-state index in [1.807, 2.05) is 0 Å². The smallest absolute Gasteiger partial charge is 0.300 e. The highest BCUT2D eigenvalue weighted by Crippen LogP contribution is 2.26. The fraction of sp³-hybridized carbons (Fsp3) is 0.368. The molecule has 0 radical (unpaired) electrons. The number of nitrogens with one attached hydrogen (secondary N) is 4. The molecule has 6 N–H and O–H groups in total. The van der Waals surface area contributed by atoms with Crippen LogP contribution in [0.5, 0.6) is 5.75 Å². The number of carbonyl (C=O) groups is 4. The molecule has 1 saturated heterocycles. The quantitative estimate of drug-likeness (QED) is 0.429. The number of carbonyl (C=O) groups excluding carboxylic acids is 4. The fourth-order valence-corrected chi connectivity index (χ4v) is 3.83. The van der Waals surface area contributed by atoms with Crippen molar-refractivity contribution in [3.8, 4) is 5.75 Å². The van der Waals surface area contributed by atoms with Gasteiger partial charge in [0, 0.05) is 23.4 Å². The number of hydrogen-bond acceptors (Lipinski definition) is 6. The molecule has 2 heterocycles. The van der Waals surface area contributed by atoms with E-state index in [2.05, 4.69) is 20.3 Å². The first-order valence-corrected chi connectivity index (χ1v) is 10.2. The minimum atomic E-state index is -1.01.